The van der Waals surface area contributed by atoms with Crippen LogP contribution in [0.15, 0.2) is 24.4 Å². The van der Waals surface area contributed by atoms with Crippen LogP contribution in [-0.2, 0) is 6.54 Å². The quantitative estimate of drug-likeness (QED) is 0.691. The number of nitro benzene ring substituents is 1. The Bertz CT molecular complexity index is 707. The van der Waals surface area contributed by atoms with Crippen molar-refractivity contribution in [2.45, 2.75) is 13.5 Å². The molecule has 2 N–H and O–H groups in total. The Kier molecular flexibility index (Phi) is 4.08. The molecule has 0 fully saturated rings. The van der Waals surface area contributed by atoms with Crippen LogP contribution in [0, 0.1) is 28.7 Å². The average Bonchev–Trinajstić information content (AvgIpc) is 2.44. The lowest BCUT2D eigenvalue weighted by Gasteiger charge is -2.09. The average molecular weight is 295 g/mol. The number of aryl methyl sites for hydroxylation is 1. The number of pyridine rings is 1. The van der Waals surface area contributed by atoms with E-state index < -0.39 is 28.0 Å². The van der Waals surface area contributed by atoms with Crippen molar-refractivity contribution in [2.24, 2.45) is 5.73 Å². The molecule has 0 spiro atoms. The molecule has 0 saturated heterocycles. The lowest BCUT2D eigenvalue weighted by Crippen LogP contribution is -2.01. The number of aromatic nitrogens is 1. The van der Waals surface area contributed by atoms with Gasteiger partial charge in [-0.3, -0.25) is 10.1 Å². The second-order valence-electron chi connectivity index (χ2n) is 4.26. The van der Waals surface area contributed by atoms with Gasteiger partial charge in [0.1, 0.15) is 0 Å². The largest absolute Gasteiger partial charge is 0.436 e. The van der Waals surface area contributed by atoms with Crippen molar-refractivity contribution in [3.8, 4) is 11.6 Å². The van der Waals surface area contributed by atoms with Crippen LogP contribution in [0.25, 0.3) is 0 Å². The van der Waals surface area contributed by atoms with Crippen molar-refractivity contribution in [1.29, 1.82) is 0 Å². The Labute approximate surface area is 118 Å². The summed E-state index contributed by atoms with van der Waals surface area (Å²) in [5.74, 6) is -2.65. The number of ether oxygens (including phenoxy) is 1. The van der Waals surface area contributed by atoms with Crippen LogP contribution in [0.3, 0.4) is 0 Å². The van der Waals surface area contributed by atoms with E-state index in [2.05, 4.69) is 4.98 Å². The molecule has 0 aliphatic rings. The van der Waals surface area contributed by atoms with Gasteiger partial charge in [0.25, 0.3) is 0 Å². The molecular formula is C13H11F2N3O3. The van der Waals surface area contributed by atoms with Gasteiger partial charge in [-0.2, -0.15) is 4.39 Å². The summed E-state index contributed by atoms with van der Waals surface area (Å²) >= 11 is 0. The second kappa shape index (κ2) is 5.80. The summed E-state index contributed by atoms with van der Waals surface area (Å²) in [4.78, 5) is 13.4. The second-order valence-corrected chi connectivity index (χ2v) is 4.26. The predicted molar refractivity (Wildman–Crippen MR) is 70.0 cm³/mol. The monoisotopic (exact) mass is 295 g/mol. The van der Waals surface area contributed by atoms with Crippen LogP contribution < -0.4 is 10.5 Å². The number of benzene rings is 1. The molecule has 8 heteroatoms. The number of rotatable bonds is 4. The maximum atomic E-state index is 13.7. The molecule has 0 atom stereocenters. The van der Waals surface area contributed by atoms with Crippen molar-refractivity contribution in [2.75, 3.05) is 0 Å². The Morgan fingerprint density at radius 1 is 1.33 bits per heavy atom. The van der Waals surface area contributed by atoms with Crippen LogP contribution >= 0.6 is 0 Å². The highest BCUT2D eigenvalue weighted by Gasteiger charge is 2.20. The first kappa shape index (κ1) is 14.8. The lowest BCUT2D eigenvalue weighted by molar-refractivity contribution is -0.387. The van der Waals surface area contributed by atoms with Gasteiger partial charge in [-0.15, -0.1) is 0 Å². The summed E-state index contributed by atoms with van der Waals surface area (Å²) in [6.07, 6.45) is 1.45. The SMILES string of the molecule is Cc1cc(CN)cnc1Oc1cc(F)c([N+](=O)[O-])cc1F. The van der Waals surface area contributed by atoms with Gasteiger partial charge in [0.15, 0.2) is 11.6 Å². The third-order valence-corrected chi connectivity index (χ3v) is 2.73. The molecule has 1 aromatic heterocycles. The van der Waals surface area contributed by atoms with Gasteiger partial charge < -0.3 is 10.5 Å². The van der Waals surface area contributed by atoms with Crippen molar-refractivity contribution >= 4 is 5.69 Å². The van der Waals surface area contributed by atoms with Crippen LogP contribution in [0.4, 0.5) is 14.5 Å². The number of nitrogens with zero attached hydrogens (tertiary/aromatic N) is 2. The molecule has 0 unspecified atom stereocenters. The topological polar surface area (TPSA) is 91.3 Å². The van der Waals surface area contributed by atoms with Crippen LogP contribution in [-0.4, -0.2) is 9.91 Å². The number of nitrogens with two attached hydrogens (primary N) is 1. The van der Waals surface area contributed by atoms with E-state index in [1.807, 2.05) is 0 Å². The van der Waals surface area contributed by atoms with Gasteiger partial charge in [0, 0.05) is 24.4 Å². The minimum Gasteiger partial charge on any atom is -0.436 e. The maximum Gasteiger partial charge on any atom is 0.307 e. The molecule has 21 heavy (non-hydrogen) atoms. The van der Waals surface area contributed by atoms with E-state index in [1.54, 1.807) is 13.0 Å². The molecule has 0 aliphatic carbocycles. The highest BCUT2D eigenvalue weighted by atomic mass is 19.1. The van der Waals surface area contributed by atoms with E-state index >= 15 is 0 Å². The van der Waals surface area contributed by atoms with E-state index in [1.165, 1.54) is 6.20 Å². The molecule has 0 amide bonds. The Balaban J connectivity index is 2.36. The smallest absolute Gasteiger partial charge is 0.307 e. The molecule has 2 rings (SSSR count). The molecule has 1 heterocycles. The normalized spacial score (nSPS) is 10.5. The molecule has 2 aromatic rings. The Morgan fingerprint density at radius 2 is 2.05 bits per heavy atom. The summed E-state index contributed by atoms with van der Waals surface area (Å²) in [6, 6.07) is 2.78. The summed E-state index contributed by atoms with van der Waals surface area (Å²) in [5.41, 5.74) is 5.84. The molecule has 1 aromatic carbocycles. The highest BCUT2D eigenvalue weighted by molar-refractivity contribution is 5.41. The molecule has 6 nitrogen and oxygen atoms in total. The summed E-state index contributed by atoms with van der Waals surface area (Å²) < 4.78 is 32.4. The molecule has 0 bridgehead atoms. The van der Waals surface area contributed by atoms with E-state index in [0.29, 0.717) is 17.7 Å². The number of hydrogen-bond acceptors (Lipinski definition) is 5. The number of hydrogen-bond donors (Lipinski definition) is 1. The molecule has 0 saturated carbocycles. The van der Waals surface area contributed by atoms with Gasteiger partial charge >= 0.3 is 5.69 Å². The fraction of sp³-hybridized carbons (Fsp3) is 0.154. The van der Waals surface area contributed by atoms with Crippen LogP contribution in [0.1, 0.15) is 11.1 Å². The first-order valence-electron chi connectivity index (χ1n) is 5.89. The van der Waals surface area contributed by atoms with E-state index in [4.69, 9.17) is 10.5 Å². The fourth-order valence-corrected chi connectivity index (χ4v) is 1.68. The minimum absolute atomic E-state index is 0.0688. The lowest BCUT2D eigenvalue weighted by atomic mass is 10.2. The third-order valence-electron chi connectivity index (χ3n) is 2.73. The molecular weight excluding hydrogens is 284 g/mol. The van der Waals surface area contributed by atoms with Crippen LogP contribution in [0.2, 0.25) is 0 Å². The molecule has 110 valence electrons. The van der Waals surface area contributed by atoms with Gasteiger partial charge in [0.05, 0.1) is 11.0 Å². The fourth-order valence-electron chi connectivity index (χ4n) is 1.68. The summed E-state index contributed by atoms with van der Waals surface area (Å²) in [7, 11) is 0. The minimum atomic E-state index is -1.19. The van der Waals surface area contributed by atoms with Crippen molar-refractivity contribution in [3.63, 3.8) is 0 Å². The van der Waals surface area contributed by atoms with Gasteiger partial charge in [0.2, 0.25) is 11.7 Å². The number of nitro groups is 1. The molecule has 0 aliphatic heterocycles. The Morgan fingerprint density at radius 3 is 2.62 bits per heavy atom. The van der Waals surface area contributed by atoms with E-state index in [9.17, 15) is 18.9 Å². The van der Waals surface area contributed by atoms with Gasteiger partial charge in [-0.1, -0.05) is 0 Å². The maximum absolute atomic E-state index is 13.7. The third kappa shape index (κ3) is 3.11. The first-order chi connectivity index (χ1) is 9.92. The highest BCUT2D eigenvalue weighted by Crippen LogP contribution is 2.30. The first-order valence-corrected chi connectivity index (χ1v) is 5.89. The summed E-state index contributed by atoms with van der Waals surface area (Å²) in [6.45, 7) is 1.95. The zero-order valence-electron chi connectivity index (χ0n) is 11.0. The van der Waals surface area contributed by atoms with Gasteiger partial charge in [-0.05, 0) is 18.6 Å². The zero-order valence-corrected chi connectivity index (χ0v) is 11.0. The van der Waals surface area contributed by atoms with Crippen molar-refractivity contribution in [1.82, 2.24) is 4.98 Å². The van der Waals surface area contributed by atoms with E-state index in [-0.39, 0.29) is 12.4 Å². The summed E-state index contributed by atoms with van der Waals surface area (Å²) in [5, 5.41) is 10.5. The predicted octanol–water partition coefficient (Wildman–Crippen LogP) is 2.83. The van der Waals surface area contributed by atoms with Crippen LogP contribution in [0.5, 0.6) is 11.6 Å². The zero-order chi connectivity index (χ0) is 15.6. The van der Waals surface area contributed by atoms with Gasteiger partial charge in [-0.25, -0.2) is 9.37 Å². The molecule has 0 radical (unpaired) electrons. The Hall–Kier alpha value is -2.61. The van der Waals surface area contributed by atoms with E-state index in [0.717, 1.165) is 5.56 Å². The number of halogens is 2. The van der Waals surface area contributed by atoms with Crippen molar-refractivity contribution in [3.05, 3.63) is 57.3 Å². The standard InChI is InChI=1S/C13H11F2N3O3/c1-7-2-8(5-16)6-17-13(7)21-12-4-9(14)11(18(19)20)3-10(12)15/h2-4,6H,5,16H2,1H3. The van der Waals surface area contributed by atoms with Crippen molar-refractivity contribution < 1.29 is 18.4 Å².